The average Bonchev–Trinajstić information content (AvgIpc) is 2.55. The molecule has 0 heterocycles. The van der Waals surface area contributed by atoms with E-state index >= 15 is 0 Å². The first-order valence-corrected chi connectivity index (χ1v) is 8.38. The predicted molar refractivity (Wildman–Crippen MR) is 99.2 cm³/mol. The van der Waals surface area contributed by atoms with Crippen LogP contribution in [0.2, 0.25) is 0 Å². The molecule has 0 spiro atoms. The molecule has 5 nitrogen and oxygen atoms in total. The molecule has 24 heavy (non-hydrogen) atoms. The summed E-state index contributed by atoms with van der Waals surface area (Å²) in [5.74, 6) is 0.238. The number of hydrogen-bond donors (Lipinski definition) is 2. The fourth-order valence-corrected chi connectivity index (χ4v) is 2.21. The van der Waals surface area contributed by atoms with Crippen molar-refractivity contribution in [3.05, 3.63) is 42.0 Å². The minimum atomic E-state index is -0.131. The zero-order valence-corrected chi connectivity index (χ0v) is 15.2. The molecule has 0 aliphatic carbocycles. The molecule has 0 aliphatic rings. The quantitative estimate of drug-likeness (QED) is 0.684. The first kappa shape index (κ1) is 19.7. The molecule has 2 amide bonds. The second-order valence-corrected chi connectivity index (χ2v) is 6.37. The van der Waals surface area contributed by atoms with E-state index in [0.717, 1.165) is 5.57 Å². The summed E-state index contributed by atoms with van der Waals surface area (Å²) in [7, 11) is 0. The number of rotatable bonds is 9. The molecule has 1 aromatic rings. The predicted octanol–water partition coefficient (Wildman–Crippen LogP) is 2.91. The fourth-order valence-electron chi connectivity index (χ4n) is 2.21. The minimum Gasteiger partial charge on any atom is -0.376 e. The van der Waals surface area contributed by atoms with Crippen LogP contribution in [0.3, 0.4) is 0 Å². The third-order valence-corrected chi connectivity index (χ3v) is 3.47. The highest BCUT2D eigenvalue weighted by atomic mass is 16.2. The van der Waals surface area contributed by atoms with Crippen LogP contribution in [-0.4, -0.2) is 42.9 Å². The zero-order valence-electron chi connectivity index (χ0n) is 15.2. The molecule has 1 aromatic carbocycles. The topological polar surface area (TPSA) is 61.4 Å². The number of carbonyl (C=O) groups excluding carboxylic acids is 2. The summed E-state index contributed by atoms with van der Waals surface area (Å²) in [4.78, 5) is 26.3. The van der Waals surface area contributed by atoms with E-state index in [2.05, 4.69) is 17.2 Å². The third-order valence-electron chi connectivity index (χ3n) is 3.47. The van der Waals surface area contributed by atoms with Crippen LogP contribution >= 0.6 is 0 Å². The molecule has 5 heteroatoms. The number of benzene rings is 1. The van der Waals surface area contributed by atoms with E-state index in [-0.39, 0.29) is 18.4 Å². The number of likely N-dealkylation sites (N-methyl/N-ethyl adjacent to an activating group) is 1. The summed E-state index contributed by atoms with van der Waals surface area (Å²) in [6.45, 7) is 13.7. The van der Waals surface area contributed by atoms with Crippen LogP contribution in [0.5, 0.6) is 0 Å². The summed E-state index contributed by atoms with van der Waals surface area (Å²) in [5, 5.41) is 5.99. The summed E-state index contributed by atoms with van der Waals surface area (Å²) in [6.07, 6.45) is 0. The van der Waals surface area contributed by atoms with Crippen molar-refractivity contribution in [2.75, 3.05) is 31.5 Å². The lowest BCUT2D eigenvalue weighted by atomic mass is 10.1. The first-order chi connectivity index (χ1) is 11.3. The summed E-state index contributed by atoms with van der Waals surface area (Å²) in [5.41, 5.74) is 2.16. The molecule has 0 aliphatic heterocycles. The van der Waals surface area contributed by atoms with E-state index in [9.17, 15) is 9.59 Å². The average molecular weight is 331 g/mol. The Bertz CT molecular complexity index is 582. The van der Waals surface area contributed by atoms with Gasteiger partial charge in [-0.1, -0.05) is 38.1 Å². The van der Waals surface area contributed by atoms with Crippen LogP contribution in [0.25, 0.3) is 0 Å². The second-order valence-electron chi connectivity index (χ2n) is 6.37. The standard InChI is InChI=1S/C19H29N3O2/c1-6-22(13-15(4)5)18(23)12-20-17-10-8-7-9-16(17)19(24)21-11-14(2)3/h7-10,14,20H,4,6,11-13H2,1-3,5H3,(H,21,24). The maximum absolute atomic E-state index is 12.3. The van der Waals surface area contributed by atoms with Crippen LogP contribution in [0, 0.1) is 5.92 Å². The van der Waals surface area contributed by atoms with Gasteiger partial charge in [0.05, 0.1) is 12.1 Å². The Morgan fingerprint density at radius 1 is 1.25 bits per heavy atom. The lowest BCUT2D eigenvalue weighted by Crippen LogP contribution is -2.36. The van der Waals surface area contributed by atoms with Gasteiger partial charge in [-0.15, -0.1) is 0 Å². The molecule has 0 radical (unpaired) electrons. The van der Waals surface area contributed by atoms with E-state index in [4.69, 9.17) is 0 Å². The van der Waals surface area contributed by atoms with E-state index < -0.39 is 0 Å². The van der Waals surface area contributed by atoms with Gasteiger partial charge in [0.25, 0.3) is 5.91 Å². The van der Waals surface area contributed by atoms with Gasteiger partial charge in [-0.25, -0.2) is 0 Å². The number of amides is 2. The van der Waals surface area contributed by atoms with Gasteiger partial charge in [-0.3, -0.25) is 9.59 Å². The van der Waals surface area contributed by atoms with Gasteiger partial charge in [0.1, 0.15) is 0 Å². The molecule has 0 fully saturated rings. The van der Waals surface area contributed by atoms with Crippen molar-refractivity contribution in [1.29, 1.82) is 0 Å². The number of para-hydroxylation sites is 1. The van der Waals surface area contributed by atoms with E-state index in [1.165, 1.54) is 0 Å². The van der Waals surface area contributed by atoms with Gasteiger partial charge < -0.3 is 15.5 Å². The number of nitrogens with zero attached hydrogens (tertiary/aromatic N) is 1. The van der Waals surface area contributed by atoms with Crippen LogP contribution in [0.1, 0.15) is 38.1 Å². The Balaban J connectivity index is 2.72. The van der Waals surface area contributed by atoms with Gasteiger partial charge in [-0.05, 0) is 31.9 Å². The lowest BCUT2D eigenvalue weighted by molar-refractivity contribution is -0.128. The summed E-state index contributed by atoms with van der Waals surface area (Å²) < 4.78 is 0. The Morgan fingerprint density at radius 3 is 2.50 bits per heavy atom. The van der Waals surface area contributed by atoms with Crippen molar-refractivity contribution in [3.63, 3.8) is 0 Å². The van der Waals surface area contributed by atoms with Crippen molar-refractivity contribution >= 4 is 17.5 Å². The normalized spacial score (nSPS) is 10.4. The van der Waals surface area contributed by atoms with Crippen LogP contribution in [0.15, 0.2) is 36.4 Å². The molecular weight excluding hydrogens is 302 g/mol. The Hall–Kier alpha value is -2.30. The van der Waals surface area contributed by atoms with Crippen LogP contribution < -0.4 is 10.6 Å². The minimum absolute atomic E-state index is 0.0158. The lowest BCUT2D eigenvalue weighted by Gasteiger charge is -2.22. The zero-order chi connectivity index (χ0) is 18.1. The Kier molecular flexibility index (Phi) is 8.02. The number of hydrogen-bond acceptors (Lipinski definition) is 3. The van der Waals surface area contributed by atoms with Crippen molar-refractivity contribution < 1.29 is 9.59 Å². The Morgan fingerprint density at radius 2 is 1.92 bits per heavy atom. The van der Waals surface area contributed by atoms with Gasteiger partial charge >= 0.3 is 0 Å². The van der Waals surface area contributed by atoms with Crippen molar-refractivity contribution in [1.82, 2.24) is 10.2 Å². The second kappa shape index (κ2) is 9.75. The highest BCUT2D eigenvalue weighted by molar-refractivity contribution is 6.00. The van der Waals surface area contributed by atoms with E-state index in [1.807, 2.05) is 45.9 Å². The van der Waals surface area contributed by atoms with E-state index in [0.29, 0.717) is 36.8 Å². The highest BCUT2D eigenvalue weighted by Gasteiger charge is 2.14. The number of nitrogens with one attached hydrogen (secondary N) is 2. The van der Waals surface area contributed by atoms with Crippen LogP contribution in [0.4, 0.5) is 5.69 Å². The number of anilines is 1. The molecular formula is C19H29N3O2. The van der Waals surface area contributed by atoms with Crippen LogP contribution in [-0.2, 0) is 4.79 Å². The molecule has 0 saturated carbocycles. The van der Waals surface area contributed by atoms with Gasteiger partial charge in [0, 0.05) is 25.3 Å². The molecule has 0 aromatic heterocycles. The maximum atomic E-state index is 12.3. The third kappa shape index (κ3) is 6.44. The maximum Gasteiger partial charge on any atom is 0.253 e. The van der Waals surface area contributed by atoms with Crippen molar-refractivity contribution in [2.24, 2.45) is 5.92 Å². The molecule has 0 saturated heterocycles. The van der Waals surface area contributed by atoms with Gasteiger partial charge in [0.15, 0.2) is 0 Å². The molecule has 0 unspecified atom stereocenters. The fraction of sp³-hybridized carbons (Fsp3) is 0.474. The Labute approximate surface area is 145 Å². The molecule has 1 rings (SSSR count). The van der Waals surface area contributed by atoms with E-state index in [1.54, 1.807) is 11.0 Å². The van der Waals surface area contributed by atoms with Crippen molar-refractivity contribution in [3.8, 4) is 0 Å². The van der Waals surface area contributed by atoms with Gasteiger partial charge in [-0.2, -0.15) is 0 Å². The molecule has 2 N–H and O–H groups in total. The molecule has 0 bridgehead atoms. The SMILES string of the molecule is C=C(C)CN(CC)C(=O)CNc1ccccc1C(=O)NCC(C)C. The van der Waals surface area contributed by atoms with Crippen molar-refractivity contribution in [2.45, 2.75) is 27.7 Å². The summed E-state index contributed by atoms with van der Waals surface area (Å²) >= 11 is 0. The van der Waals surface area contributed by atoms with Gasteiger partial charge in [0.2, 0.25) is 5.91 Å². The first-order valence-electron chi connectivity index (χ1n) is 8.38. The smallest absolute Gasteiger partial charge is 0.253 e. The monoisotopic (exact) mass is 331 g/mol. The number of carbonyl (C=O) groups is 2. The largest absolute Gasteiger partial charge is 0.376 e. The molecule has 0 atom stereocenters. The summed E-state index contributed by atoms with van der Waals surface area (Å²) in [6, 6.07) is 7.23. The molecule has 132 valence electrons. The highest BCUT2D eigenvalue weighted by Crippen LogP contribution is 2.15.